The number of aryl methyl sites for hydroxylation is 1. The van der Waals surface area contributed by atoms with Crippen LogP contribution in [0.4, 0.5) is 5.69 Å². The topological polar surface area (TPSA) is 29.1 Å². The summed E-state index contributed by atoms with van der Waals surface area (Å²) in [7, 11) is -1.03. The molecule has 0 aliphatic carbocycles. The molecule has 0 amide bonds. The smallest absolute Gasteiger partial charge is 0.113 e. The highest BCUT2D eigenvalue weighted by atomic mass is 32.2. The fourth-order valence-electron chi connectivity index (χ4n) is 1.67. The Kier molecular flexibility index (Phi) is 10.2. The molecule has 0 heterocycles. The zero-order chi connectivity index (χ0) is 16.3. The van der Waals surface area contributed by atoms with E-state index < -0.39 is 11.0 Å². The zero-order valence-corrected chi connectivity index (χ0v) is 14.8. The third-order valence-electron chi connectivity index (χ3n) is 2.51. The van der Waals surface area contributed by atoms with Gasteiger partial charge in [0.05, 0.1) is 0 Å². The summed E-state index contributed by atoms with van der Waals surface area (Å²) in [5.41, 5.74) is 4.42. The van der Waals surface area contributed by atoms with Gasteiger partial charge in [-0.05, 0) is 30.2 Å². The van der Waals surface area contributed by atoms with Gasteiger partial charge in [-0.25, -0.2) is 4.21 Å². The van der Waals surface area contributed by atoms with Gasteiger partial charge in [0.1, 0.15) is 11.0 Å². The Bertz CT molecular complexity index is 535. The molecule has 2 rings (SSSR count). The summed E-state index contributed by atoms with van der Waals surface area (Å²) < 4.78 is 14.0. The molecule has 0 saturated carbocycles. The van der Waals surface area contributed by atoms with E-state index in [-0.39, 0.29) is 0 Å². The van der Waals surface area contributed by atoms with E-state index in [0.29, 0.717) is 0 Å². The molecule has 0 aliphatic rings. The Hall–Kier alpha value is -1.61. The molecule has 2 aromatic rings. The first-order chi connectivity index (χ1) is 10.1. The van der Waals surface area contributed by atoms with Crippen molar-refractivity contribution in [3.63, 3.8) is 0 Å². The second kappa shape index (κ2) is 11.1. The maximum Gasteiger partial charge on any atom is 0.113 e. The molecular weight excluding hydrogens is 278 g/mol. The minimum absolute atomic E-state index is 0.879. The summed E-state index contributed by atoms with van der Waals surface area (Å²) in [4.78, 5) is 0. The van der Waals surface area contributed by atoms with Gasteiger partial charge in [0.15, 0.2) is 0 Å². The van der Waals surface area contributed by atoms with Crippen molar-refractivity contribution in [3.8, 4) is 11.1 Å². The van der Waals surface area contributed by atoms with Crippen molar-refractivity contribution < 1.29 is 4.21 Å². The van der Waals surface area contributed by atoms with Gasteiger partial charge in [-0.15, -0.1) is 0 Å². The summed E-state index contributed by atoms with van der Waals surface area (Å²) >= 11 is 0. The summed E-state index contributed by atoms with van der Waals surface area (Å²) in [6, 6.07) is 16.3. The molecule has 2 aromatic carbocycles. The molecule has 21 heavy (non-hydrogen) atoms. The number of benzene rings is 2. The summed E-state index contributed by atoms with van der Waals surface area (Å²) in [6.07, 6.45) is 1.62. The number of hydrogen-bond donors (Lipinski definition) is 1. The van der Waals surface area contributed by atoms with Crippen molar-refractivity contribution in [1.82, 2.24) is 0 Å². The van der Waals surface area contributed by atoms with Crippen molar-refractivity contribution in [2.45, 2.75) is 34.6 Å². The lowest BCUT2D eigenvalue weighted by Gasteiger charge is -2.06. The second-order valence-corrected chi connectivity index (χ2v) is 5.12. The highest BCUT2D eigenvalue weighted by molar-refractivity contribution is 7.85. The van der Waals surface area contributed by atoms with Gasteiger partial charge < -0.3 is 4.72 Å². The number of anilines is 1. The molecule has 0 aromatic heterocycles. The van der Waals surface area contributed by atoms with Crippen LogP contribution in [-0.2, 0) is 11.0 Å². The number of nitrogens with one attached hydrogen (secondary N) is 1. The van der Waals surface area contributed by atoms with Crippen LogP contribution in [0.15, 0.2) is 48.5 Å². The molecule has 0 saturated heterocycles. The lowest BCUT2D eigenvalue weighted by Crippen LogP contribution is -2.00. The van der Waals surface area contributed by atoms with Crippen LogP contribution in [0, 0.1) is 6.92 Å². The van der Waals surface area contributed by atoms with E-state index in [9.17, 15) is 4.21 Å². The van der Waals surface area contributed by atoms with Gasteiger partial charge in [-0.2, -0.15) is 0 Å². The largest absolute Gasteiger partial charge is 0.305 e. The van der Waals surface area contributed by atoms with Gasteiger partial charge in [0, 0.05) is 11.9 Å². The van der Waals surface area contributed by atoms with Crippen molar-refractivity contribution in [2.75, 3.05) is 11.0 Å². The Morgan fingerprint density at radius 3 is 1.95 bits per heavy atom. The van der Waals surface area contributed by atoms with E-state index in [1.54, 1.807) is 6.26 Å². The normalized spacial score (nSPS) is 10.4. The highest BCUT2D eigenvalue weighted by Crippen LogP contribution is 2.23. The molecule has 0 fully saturated rings. The third-order valence-corrected chi connectivity index (χ3v) is 3.03. The number of rotatable bonds is 3. The summed E-state index contributed by atoms with van der Waals surface area (Å²) in [5.74, 6) is 0. The van der Waals surface area contributed by atoms with E-state index in [1.807, 2.05) is 45.9 Å². The maximum absolute atomic E-state index is 11.1. The van der Waals surface area contributed by atoms with Gasteiger partial charge in [-0.1, -0.05) is 69.7 Å². The van der Waals surface area contributed by atoms with Crippen molar-refractivity contribution in [2.24, 2.45) is 0 Å². The molecule has 1 unspecified atom stereocenters. The van der Waals surface area contributed by atoms with E-state index in [1.165, 1.54) is 11.1 Å². The Morgan fingerprint density at radius 2 is 1.43 bits per heavy atom. The van der Waals surface area contributed by atoms with Crippen molar-refractivity contribution >= 4 is 16.7 Å². The minimum Gasteiger partial charge on any atom is -0.305 e. The molecule has 0 aliphatic heterocycles. The first-order valence-corrected chi connectivity index (χ1v) is 8.98. The predicted octanol–water partition coefficient (Wildman–Crippen LogP) is 5.42. The van der Waals surface area contributed by atoms with Crippen LogP contribution in [0.25, 0.3) is 11.1 Å². The van der Waals surface area contributed by atoms with E-state index in [2.05, 4.69) is 42.0 Å². The van der Waals surface area contributed by atoms with E-state index in [4.69, 9.17) is 0 Å². The SMILES string of the molecule is CC.CC.Cc1ccc(-c2cccc(NS(C)=O)c2)cc1. The van der Waals surface area contributed by atoms with Gasteiger partial charge >= 0.3 is 0 Å². The fourth-order valence-corrected chi connectivity index (χ4v) is 2.13. The Labute approximate surface area is 132 Å². The quantitative estimate of drug-likeness (QED) is 0.806. The average molecular weight is 305 g/mol. The molecule has 1 N–H and O–H groups in total. The van der Waals surface area contributed by atoms with Crippen LogP contribution >= 0.6 is 0 Å². The molecule has 3 heteroatoms. The lowest BCUT2D eigenvalue weighted by atomic mass is 10.0. The molecule has 1 atom stereocenters. The van der Waals surface area contributed by atoms with Gasteiger partial charge in [-0.3, -0.25) is 0 Å². The van der Waals surface area contributed by atoms with Crippen LogP contribution in [0.2, 0.25) is 0 Å². The molecular formula is C18H27NOS. The Balaban J connectivity index is 0.000000921. The molecule has 0 spiro atoms. The van der Waals surface area contributed by atoms with Crippen LogP contribution in [-0.4, -0.2) is 10.5 Å². The standard InChI is InChI=1S/C14H15NOS.2C2H6/c1-11-6-8-12(9-7-11)13-4-3-5-14(10-13)15-17(2)16;2*1-2/h3-10,15H,1-2H3;2*1-2H3. The van der Waals surface area contributed by atoms with Crippen molar-refractivity contribution in [3.05, 3.63) is 54.1 Å². The van der Waals surface area contributed by atoms with E-state index >= 15 is 0 Å². The molecule has 0 bridgehead atoms. The van der Waals surface area contributed by atoms with Crippen LogP contribution < -0.4 is 4.72 Å². The lowest BCUT2D eigenvalue weighted by molar-refractivity contribution is 0.690. The molecule has 0 radical (unpaired) electrons. The van der Waals surface area contributed by atoms with Gasteiger partial charge in [0.2, 0.25) is 0 Å². The predicted molar refractivity (Wildman–Crippen MR) is 97.0 cm³/mol. The Morgan fingerprint density at radius 1 is 0.857 bits per heavy atom. The van der Waals surface area contributed by atoms with Crippen LogP contribution in [0.3, 0.4) is 0 Å². The summed E-state index contributed by atoms with van der Waals surface area (Å²) in [5, 5.41) is 0. The zero-order valence-electron chi connectivity index (χ0n) is 13.9. The first kappa shape index (κ1) is 19.4. The third kappa shape index (κ3) is 7.09. The second-order valence-electron chi connectivity index (χ2n) is 4.00. The molecule has 116 valence electrons. The van der Waals surface area contributed by atoms with Gasteiger partial charge in [0.25, 0.3) is 0 Å². The summed E-state index contributed by atoms with van der Waals surface area (Å²) in [6.45, 7) is 10.1. The monoisotopic (exact) mass is 305 g/mol. The van der Waals surface area contributed by atoms with Crippen molar-refractivity contribution in [1.29, 1.82) is 0 Å². The van der Waals surface area contributed by atoms with Crippen LogP contribution in [0.1, 0.15) is 33.3 Å². The number of hydrogen-bond acceptors (Lipinski definition) is 1. The minimum atomic E-state index is -1.03. The fraction of sp³-hybridized carbons (Fsp3) is 0.333. The molecule has 2 nitrogen and oxygen atoms in total. The maximum atomic E-state index is 11.1. The first-order valence-electron chi connectivity index (χ1n) is 7.42. The van der Waals surface area contributed by atoms with E-state index in [0.717, 1.165) is 11.3 Å². The highest BCUT2D eigenvalue weighted by Gasteiger charge is 1.99. The average Bonchev–Trinajstić information content (AvgIpc) is 2.52. The van der Waals surface area contributed by atoms with Crippen LogP contribution in [0.5, 0.6) is 0 Å².